The van der Waals surface area contributed by atoms with Crippen molar-refractivity contribution in [3.8, 4) is 0 Å². The highest BCUT2D eigenvalue weighted by Gasteiger charge is 1.97. The lowest BCUT2D eigenvalue weighted by Crippen LogP contribution is -1.77. The van der Waals surface area contributed by atoms with E-state index in [0.717, 1.165) is 0 Å². The number of rotatable bonds is 0. The average molecular weight is 122 g/mol. The van der Waals surface area contributed by atoms with E-state index in [2.05, 4.69) is 24.9 Å². The zero-order valence-electron chi connectivity index (χ0n) is 4.35. The van der Waals surface area contributed by atoms with E-state index in [4.69, 9.17) is 0 Å². The third-order valence-electron chi connectivity index (χ3n) is 0.915. The number of fused-ring (bicyclic) bond motifs is 1. The summed E-state index contributed by atoms with van der Waals surface area (Å²) in [5.74, 6) is 0. The third-order valence-corrected chi connectivity index (χ3v) is 0.915. The lowest BCUT2D eigenvalue weighted by atomic mass is 10.7. The van der Waals surface area contributed by atoms with Crippen molar-refractivity contribution in [3.05, 3.63) is 12.4 Å². The number of hydrogen-bond acceptors (Lipinski definition) is 5. The Labute approximate surface area is 49.7 Å². The predicted molar refractivity (Wildman–Crippen MR) is 27.4 cm³/mol. The van der Waals surface area contributed by atoms with Gasteiger partial charge in [0.1, 0.15) is 0 Å². The van der Waals surface area contributed by atoms with Crippen LogP contribution in [0.4, 0.5) is 0 Å². The summed E-state index contributed by atoms with van der Waals surface area (Å²) in [6, 6.07) is 0. The molecule has 0 fully saturated rings. The fourth-order valence-electron chi connectivity index (χ4n) is 0.550. The van der Waals surface area contributed by atoms with Crippen molar-refractivity contribution in [3.63, 3.8) is 0 Å². The van der Waals surface area contributed by atoms with E-state index in [9.17, 15) is 0 Å². The lowest BCUT2D eigenvalue weighted by Gasteiger charge is -1.75. The molecule has 44 valence electrons. The SMILES string of the molecule is c1cnc2nonc2n1. The molecule has 0 atom stereocenters. The van der Waals surface area contributed by atoms with Gasteiger partial charge in [0.05, 0.1) is 0 Å². The highest BCUT2D eigenvalue weighted by molar-refractivity contribution is 5.61. The van der Waals surface area contributed by atoms with Gasteiger partial charge in [0.25, 0.3) is 0 Å². The Balaban J connectivity index is 2.95. The van der Waals surface area contributed by atoms with Gasteiger partial charge < -0.3 is 0 Å². The first kappa shape index (κ1) is 4.37. The molecule has 0 aliphatic heterocycles. The Morgan fingerprint density at radius 3 is 2.11 bits per heavy atom. The van der Waals surface area contributed by atoms with Crippen LogP contribution in [0.2, 0.25) is 0 Å². The standard InChI is InChI=1S/C4H2N4O/c1-2-6-4-3(5-1)7-9-8-4/h1-2H. The van der Waals surface area contributed by atoms with Gasteiger partial charge in [0.2, 0.25) is 11.3 Å². The summed E-state index contributed by atoms with van der Waals surface area (Å²) < 4.78 is 4.34. The van der Waals surface area contributed by atoms with Gasteiger partial charge in [-0.15, -0.1) is 0 Å². The second kappa shape index (κ2) is 1.48. The molecule has 2 heterocycles. The Morgan fingerprint density at radius 2 is 1.56 bits per heavy atom. The van der Waals surface area contributed by atoms with Crippen LogP contribution in [0.5, 0.6) is 0 Å². The van der Waals surface area contributed by atoms with Gasteiger partial charge in [-0.2, -0.15) is 0 Å². The summed E-state index contributed by atoms with van der Waals surface area (Å²) in [7, 11) is 0. The summed E-state index contributed by atoms with van der Waals surface area (Å²) in [5, 5.41) is 6.92. The molecule has 0 bridgehead atoms. The lowest BCUT2D eigenvalue weighted by molar-refractivity contribution is 0.314. The van der Waals surface area contributed by atoms with Crippen molar-refractivity contribution in [2.75, 3.05) is 0 Å². The van der Waals surface area contributed by atoms with Crippen molar-refractivity contribution >= 4 is 11.3 Å². The Hall–Kier alpha value is -1.52. The van der Waals surface area contributed by atoms with Crippen molar-refractivity contribution in [1.82, 2.24) is 20.3 Å². The van der Waals surface area contributed by atoms with Gasteiger partial charge >= 0.3 is 0 Å². The first-order valence-corrected chi connectivity index (χ1v) is 2.36. The van der Waals surface area contributed by atoms with Crippen LogP contribution in [0.3, 0.4) is 0 Å². The topological polar surface area (TPSA) is 64.7 Å². The second-order valence-corrected chi connectivity index (χ2v) is 1.47. The molecule has 0 N–H and O–H groups in total. The van der Waals surface area contributed by atoms with E-state index >= 15 is 0 Å². The zero-order valence-corrected chi connectivity index (χ0v) is 4.35. The summed E-state index contributed by atoms with van der Waals surface area (Å²) in [6.45, 7) is 0. The fraction of sp³-hybridized carbons (Fsp3) is 0. The minimum absolute atomic E-state index is 0.442. The molecular weight excluding hydrogens is 120 g/mol. The van der Waals surface area contributed by atoms with Gasteiger partial charge in [-0.1, -0.05) is 0 Å². The van der Waals surface area contributed by atoms with Crippen molar-refractivity contribution in [2.24, 2.45) is 0 Å². The molecule has 0 aliphatic rings. The molecule has 0 unspecified atom stereocenters. The minimum Gasteiger partial charge on any atom is -0.240 e. The van der Waals surface area contributed by atoms with Crippen LogP contribution < -0.4 is 0 Å². The maximum Gasteiger partial charge on any atom is 0.243 e. The number of nitrogens with zero attached hydrogens (tertiary/aromatic N) is 4. The zero-order chi connectivity index (χ0) is 6.10. The maximum atomic E-state index is 4.34. The highest BCUT2D eigenvalue weighted by Crippen LogP contribution is 1.96. The molecule has 0 amide bonds. The molecule has 0 radical (unpaired) electrons. The van der Waals surface area contributed by atoms with Crippen LogP contribution in [0, 0.1) is 0 Å². The van der Waals surface area contributed by atoms with Crippen LogP contribution in [0.1, 0.15) is 0 Å². The molecule has 0 aromatic carbocycles. The van der Waals surface area contributed by atoms with Gasteiger partial charge in [-0.3, -0.25) is 0 Å². The summed E-state index contributed by atoms with van der Waals surface area (Å²) >= 11 is 0. The van der Waals surface area contributed by atoms with Crippen LogP contribution in [-0.4, -0.2) is 20.3 Å². The minimum atomic E-state index is 0.442. The van der Waals surface area contributed by atoms with Crippen molar-refractivity contribution < 1.29 is 4.63 Å². The highest BCUT2D eigenvalue weighted by atomic mass is 16.6. The largest absolute Gasteiger partial charge is 0.243 e. The molecule has 2 aromatic rings. The smallest absolute Gasteiger partial charge is 0.240 e. The second-order valence-electron chi connectivity index (χ2n) is 1.47. The summed E-state index contributed by atoms with van der Waals surface area (Å²) in [4.78, 5) is 7.62. The molecule has 5 nitrogen and oxygen atoms in total. The quantitative estimate of drug-likeness (QED) is 0.492. The molecule has 5 heteroatoms. The monoisotopic (exact) mass is 122 g/mol. The summed E-state index contributed by atoms with van der Waals surface area (Å²) in [6.07, 6.45) is 3.07. The van der Waals surface area contributed by atoms with E-state index in [1.54, 1.807) is 0 Å². The molecule has 0 saturated carbocycles. The molecule has 2 aromatic heterocycles. The molecule has 0 spiro atoms. The number of hydrogen-bond donors (Lipinski definition) is 0. The first-order chi connectivity index (χ1) is 4.47. The summed E-state index contributed by atoms with van der Waals surface area (Å²) in [5.41, 5.74) is 0.884. The Morgan fingerprint density at radius 1 is 1.00 bits per heavy atom. The number of aromatic nitrogens is 4. The van der Waals surface area contributed by atoms with E-state index in [1.165, 1.54) is 12.4 Å². The molecule has 0 saturated heterocycles. The molecular formula is C4H2N4O. The first-order valence-electron chi connectivity index (χ1n) is 2.36. The van der Waals surface area contributed by atoms with Gasteiger partial charge in [0, 0.05) is 12.4 Å². The van der Waals surface area contributed by atoms with E-state index in [0.29, 0.717) is 11.3 Å². The van der Waals surface area contributed by atoms with Gasteiger partial charge in [-0.05, 0) is 10.3 Å². The molecule has 2 rings (SSSR count). The van der Waals surface area contributed by atoms with Crippen molar-refractivity contribution in [1.29, 1.82) is 0 Å². The maximum absolute atomic E-state index is 4.34. The van der Waals surface area contributed by atoms with Crippen molar-refractivity contribution in [2.45, 2.75) is 0 Å². The Bertz CT molecular complexity index is 287. The van der Waals surface area contributed by atoms with Gasteiger partial charge in [0.15, 0.2) is 0 Å². The molecule has 9 heavy (non-hydrogen) atoms. The van der Waals surface area contributed by atoms with Crippen LogP contribution in [-0.2, 0) is 0 Å². The fourth-order valence-corrected chi connectivity index (χ4v) is 0.550. The van der Waals surface area contributed by atoms with E-state index in [1.807, 2.05) is 0 Å². The predicted octanol–water partition coefficient (Wildman–Crippen LogP) is 0.0128. The normalized spacial score (nSPS) is 10.2. The molecule has 0 aliphatic carbocycles. The third kappa shape index (κ3) is 0.543. The van der Waals surface area contributed by atoms with Crippen LogP contribution in [0.25, 0.3) is 11.3 Å². The van der Waals surface area contributed by atoms with E-state index in [-0.39, 0.29) is 0 Å². The van der Waals surface area contributed by atoms with Gasteiger partial charge in [-0.25, -0.2) is 14.6 Å². The van der Waals surface area contributed by atoms with E-state index < -0.39 is 0 Å². The van der Waals surface area contributed by atoms with Crippen LogP contribution in [0.15, 0.2) is 17.0 Å². The van der Waals surface area contributed by atoms with Crippen LogP contribution >= 0.6 is 0 Å². The Kier molecular flexibility index (Phi) is 0.717. The average Bonchev–Trinajstić information content (AvgIpc) is 2.33.